The fourth-order valence-corrected chi connectivity index (χ4v) is 3.40. The third kappa shape index (κ3) is 4.55. The van der Waals surface area contributed by atoms with Crippen molar-refractivity contribution >= 4 is 15.9 Å². The first kappa shape index (κ1) is 16.0. The maximum atomic E-state index is 10.6. The molecule has 0 amide bonds. The Kier molecular flexibility index (Phi) is 6.02. The molecule has 1 unspecified atom stereocenters. The minimum absolute atomic E-state index is 0.449. The van der Waals surface area contributed by atoms with Crippen LogP contribution in [0.2, 0.25) is 0 Å². The van der Waals surface area contributed by atoms with Gasteiger partial charge in [0.2, 0.25) is 0 Å². The molecule has 1 aromatic rings. The van der Waals surface area contributed by atoms with Crippen molar-refractivity contribution in [2.45, 2.75) is 24.4 Å². The number of nitrogens with zero attached hydrogens (tertiary/aromatic N) is 1. The molecule has 1 atom stereocenters. The van der Waals surface area contributed by atoms with Gasteiger partial charge in [0.25, 0.3) is 0 Å². The van der Waals surface area contributed by atoms with Crippen LogP contribution in [-0.4, -0.2) is 54.3 Å². The van der Waals surface area contributed by atoms with Crippen LogP contribution in [0, 0.1) is 0 Å². The van der Waals surface area contributed by atoms with Gasteiger partial charge in [0.05, 0.1) is 5.60 Å². The van der Waals surface area contributed by atoms with E-state index in [-0.39, 0.29) is 0 Å². The Morgan fingerprint density at radius 2 is 1.95 bits per heavy atom. The highest BCUT2D eigenvalue weighted by Gasteiger charge is 2.31. The number of rotatable bonds is 6. The van der Waals surface area contributed by atoms with E-state index in [9.17, 15) is 5.11 Å². The van der Waals surface area contributed by atoms with Gasteiger partial charge in [-0.1, -0.05) is 46.3 Å². The molecule has 0 saturated carbocycles. The number of halogens is 1. The molecule has 1 aliphatic rings. The summed E-state index contributed by atoms with van der Waals surface area (Å²) < 4.78 is 5.33. The SMILES string of the molecule is CN(CC(CBr)c1ccccc1)CC1(O)CCOCC1. The van der Waals surface area contributed by atoms with E-state index in [1.807, 2.05) is 6.07 Å². The average molecular weight is 342 g/mol. The molecule has 0 bridgehead atoms. The van der Waals surface area contributed by atoms with E-state index in [1.165, 1.54) is 5.56 Å². The third-order valence-electron chi connectivity index (χ3n) is 3.98. The van der Waals surface area contributed by atoms with Crippen molar-refractivity contribution in [3.63, 3.8) is 0 Å². The lowest BCUT2D eigenvalue weighted by molar-refractivity contribution is -0.0771. The summed E-state index contributed by atoms with van der Waals surface area (Å²) in [5.41, 5.74) is 0.760. The molecule has 4 heteroatoms. The van der Waals surface area contributed by atoms with Crippen LogP contribution in [-0.2, 0) is 4.74 Å². The van der Waals surface area contributed by atoms with Gasteiger partial charge in [0, 0.05) is 50.4 Å². The van der Waals surface area contributed by atoms with Crippen molar-refractivity contribution in [3.8, 4) is 0 Å². The fourth-order valence-electron chi connectivity index (χ4n) is 2.82. The van der Waals surface area contributed by atoms with Crippen LogP contribution >= 0.6 is 15.9 Å². The molecule has 0 radical (unpaired) electrons. The van der Waals surface area contributed by atoms with E-state index in [4.69, 9.17) is 4.74 Å². The molecular formula is C16H24BrNO2. The Morgan fingerprint density at radius 3 is 2.55 bits per heavy atom. The summed E-state index contributed by atoms with van der Waals surface area (Å²) in [5, 5.41) is 11.5. The highest BCUT2D eigenvalue weighted by molar-refractivity contribution is 9.09. The van der Waals surface area contributed by atoms with Crippen molar-refractivity contribution in [3.05, 3.63) is 35.9 Å². The Bertz CT molecular complexity index is 393. The number of alkyl halides is 1. The summed E-state index contributed by atoms with van der Waals surface area (Å²) in [6, 6.07) is 10.5. The molecular weight excluding hydrogens is 318 g/mol. The van der Waals surface area contributed by atoms with Crippen molar-refractivity contribution in [1.29, 1.82) is 0 Å². The lowest BCUT2D eigenvalue weighted by Gasteiger charge is -2.36. The van der Waals surface area contributed by atoms with Gasteiger partial charge in [0.15, 0.2) is 0 Å². The fraction of sp³-hybridized carbons (Fsp3) is 0.625. The zero-order valence-corrected chi connectivity index (χ0v) is 13.7. The normalized spacial score (nSPS) is 20.0. The van der Waals surface area contributed by atoms with E-state index >= 15 is 0 Å². The largest absolute Gasteiger partial charge is 0.388 e. The second-order valence-electron chi connectivity index (χ2n) is 5.80. The molecule has 112 valence electrons. The van der Waals surface area contributed by atoms with E-state index in [0.717, 1.165) is 24.7 Å². The highest BCUT2D eigenvalue weighted by atomic mass is 79.9. The maximum Gasteiger partial charge on any atom is 0.0817 e. The summed E-state index contributed by atoms with van der Waals surface area (Å²) in [4.78, 5) is 2.24. The first-order valence-corrected chi connectivity index (χ1v) is 8.35. The summed E-state index contributed by atoms with van der Waals surface area (Å²) in [6.45, 7) is 3.00. The van der Waals surface area contributed by atoms with E-state index in [2.05, 4.69) is 52.1 Å². The zero-order chi connectivity index (χ0) is 14.4. The van der Waals surface area contributed by atoms with Gasteiger partial charge < -0.3 is 14.7 Å². The summed E-state index contributed by atoms with van der Waals surface area (Å²) in [6.07, 6.45) is 1.48. The average Bonchev–Trinajstić information content (AvgIpc) is 2.46. The summed E-state index contributed by atoms with van der Waals surface area (Å²) in [5.74, 6) is 0.449. The van der Waals surface area contributed by atoms with Crippen LogP contribution < -0.4 is 0 Å². The maximum absolute atomic E-state index is 10.6. The standard InChI is InChI=1S/C16H24BrNO2/c1-18(13-16(19)7-9-20-10-8-16)12-15(11-17)14-5-3-2-4-6-14/h2-6,15,19H,7-13H2,1H3. The topological polar surface area (TPSA) is 32.7 Å². The van der Waals surface area contributed by atoms with Gasteiger partial charge in [-0.25, -0.2) is 0 Å². The van der Waals surface area contributed by atoms with Gasteiger partial charge in [0.1, 0.15) is 0 Å². The minimum Gasteiger partial charge on any atom is -0.388 e. The molecule has 1 N–H and O–H groups in total. The summed E-state index contributed by atoms with van der Waals surface area (Å²) in [7, 11) is 2.09. The smallest absolute Gasteiger partial charge is 0.0817 e. The van der Waals surface area contributed by atoms with Crippen LogP contribution in [0.15, 0.2) is 30.3 Å². The second-order valence-corrected chi connectivity index (χ2v) is 6.44. The molecule has 1 heterocycles. The molecule has 0 aromatic heterocycles. The van der Waals surface area contributed by atoms with Crippen molar-refractivity contribution in [1.82, 2.24) is 4.90 Å². The quantitative estimate of drug-likeness (QED) is 0.807. The van der Waals surface area contributed by atoms with Gasteiger partial charge in [-0.2, -0.15) is 0 Å². The molecule has 2 rings (SSSR count). The first-order valence-electron chi connectivity index (χ1n) is 7.22. The van der Waals surface area contributed by atoms with E-state index < -0.39 is 5.60 Å². The van der Waals surface area contributed by atoms with Crippen LogP contribution in [0.4, 0.5) is 0 Å². The Morgan fingerprint density at radius 1 is 1.30 bits per heavy atom. The molecule has 0 spiro atoms. The highest BCUT2D eigenvalue weighted by Crippen LogP contribution is 2.24. The van der Waals surface area contributed by atoms with Crippen LogP contribution in [0.3, 0.4) is 0 Å². The zero-order valence-electron chi connectivity index (χ0n) is 12.1. The Labute approximate surface area is 130 Å². The van der Waals surface area contributed by atoms with Gasteiger partial charge >= 0.3 is 0 Å². The number of hydrogen-bond acceptors (Lipinski definition) is 3. The van der Waals surface area contributed by atoms with Gasteiger partial charge in [-0.15, -0.1) is 0 Å². The number of benzene rings is 1. The Hall–Kier alpha value is -0.420. The minimum atomic E-state index is -0.583. The summed E-state index contributed by atoms with van der Waals surface area (Å²) >= 11 is 3.61. The van der Waals surface area contributed by atoms with Crippen LogP contribution in [0.1, 0.15) is 24.3 Å². The third-order valence-corrected chi connectivity index (χ3v) is 4.76. The van der Waals surface area contributed by atoms with Gasteiger partial charge in [-0.05, 0) is 12.6 Å². The number of ether oxygens (including phenoxy) is 1. The molecule has 1 fully saturated rings. The predicted molar refractivity (Wildman–Crippen MR) is 85.5 cm³/mol. The number of likely N-dealkylation sites (N-methyl/N-ethyl adjacent to an activating group) is 1. The first-order chi connectivity index (χ1) is 9.63. The van der Waals surface area contributed by atoms with Gasteiger partial charge in [-0.3, -0.25) is 0 Å². The lowest BCUT2D eigenvalue weighted by atomic mass is 9.93. The molecule has 1 aromatic carbocycles. The Balaban J connectivity index is 1.90. The lowest BCUT2D eigenvalue weighted by Crippen LogP contribution is -2.46. The van der Waals surface area contributed by atoms with E-state index in [0.29, 0.717) is 25.7 Å². The molecule has 3 nitrogen and oxygen atoms in total. The molecule has 1 aliphatic heterocycles. The van der Waals surface area contributed by atoms with E-state index in [1.54, 1.807) is 0 Å². The predicted octanol–water partition coefficient (Wildman–Crippen LogP) is 2.64. The van der Waals surface area contributed by atoms with Crippen molar-refractivity contribution in [2.75, 3.05) is 38.7 Å². The monoisotopic (exact) mass is 341 g/mol. The molecule has 0 aliphatic carbocycles. The number of aliphatic hydroxyl groups is 1. The van der Waals surface area contributed by atoms with Crippen LogP contribution in [0.25, 0.3) is 0 Å². The van der Waals surface area contributed by atoms with Crippen LogP contribution in [0.5, 0.6) is 0 Å². The molecule has 20 heavy (non-hydrogen) atoms. The molecule has 1 saturated heterocycles. The number of hydrogen-bond donors (Lipinski definition) is 1. The second kappa shape index (κ2) is 7.55. The van der Waals surface area contributed by atoms with Crippen molar-refractivity contribution in [2.24, 2.45) is 0 Å². The van der Waals surface area contributed by atoms with Crippen molar-refractivity contribution < 1.29 is 9.84 Å².